The van der Waals surface area contributed by atoms with E-state index in [4.69, 9.17) is 0 Å². The molecule has 0 aromatic heterocycles. The lowest BCUT2D eigenvalue weighted by molar-refractivity contribution is 0.303. The molecule has 0 unspecified atom stereocenters. The molecule has 0 radical (unpaired) electrons. The van der Waals surface area contributed by atoms with Crippen molar-refractivity contribution in [2.24, 2.45) is 5.41 Å². The minimum atomic E-state index is 0.467. The minimum Gasteiger partial charge on any atom is -0.315 e. The highest BCUT2D eigenvalue weighted by atomic mass is 15.0. The van der Waals surface area contributed by atoms with Crippen molar-refractivity contribution in [1.82, 2.24) is 10.6 Å². The van der Waals surface area contributed by atoms with Crippen LogP contribution in [0.4, 0.5) is 0 Å². The molecule has 1 aliphatic carbocycles. The Labute approximate surface area is 102 Å². The Morgan fingerprint density at radius 1 is 1.12 bits per heavy atom. The monoisotopic (exact) mass is 226 g/mol. The Balaban J connectivity index is 1.91. The summed E-state index contributed by atoms with van der Waals surface area (Å²) in [6, 6.07) is 0.847. The lowest BCUT2D eigenvalue weighted by Gasteiger charge is -2.25. The van der Waals surface area contributed by atoms with Crippen molar-refractivity contribution >= 4 is 0 Å². The maximum absolute atomic E-state index is 3.57. The van der Waals surface area contributed by atoms with Gasteiger partial charge in [-0.25, -0.2) is 0 Å². The van der Waals surface area contributed by atoms with Crippen molar-refractivity contribution in [1.29, 1.82) is 0 Å². The van der Waals surface area contributed by atoms with Gasteiger partial charge in [-0.05, 0) is 24.7 Å². The van der Waals surface area contributed by atoms with Crippen molar-refractivity contribution in [3.8, 4) is 0 Å². The maximum atomic E-state index is 3.57. The van der Waals surface area contributed by atoms with Crippen LogP contribution in [0.3, 0.4) is 0 Å². The van der Waals surface area contributed by atoms with Crippen LogP contribution in [0, 0.1) is 5.41 Å². The van der Waals surface area contributed by atoms with Gasteiger partial charge in [0, 0.05) is 25.7 Å². The maximum Gasteiger partial charge on any atom is 0.00793 e. The van der Waals surface area contributed by atoms with Crippen LogP contribution in [0.25, 0.3) is 0 Å². The van der Waals surface area contributed by atoms with E-state index < -0.39 is 0 Å². The zero-order valence-electron chi connectivity index (χ0n) is 11.4. The van der Waals surface area contributed by atoms with Crippen molar-refractivity contribution in [2.75, 3.05) is 19.6 Å². The topological polar surface area (TPSA) is 24.1 Å². The molecule has 2 nitrogen and oxygen atoms in total. The zero-order valence-corrected chi connectivity index (χ0v) is 11.4. The molecule has 1 saturated carbocycles. The van der Waals surface area contributed by atoms with E-state index in [0.717, 1.165) is 25.7 Å². The number of hydrogen-bond acceptors (Lipinski definition) is 2. The molecular formula is C14H30N2. The Morgan fingerprint density at radius 3 is 2.50 bits per heavy atom. The molecule has 96 valence electrons. The van der Waals surface area contributed by atoms with Crippen LogP contribution in [0.2, 0.25) is 0 Å². The number of nitrogens with one attached hydrogen (secondary N) is 2. The van der Waals surface area contributed by atoms with Gasteiger partial charge in [0.05, 0.1) is 0 Å². The van der Waals surface area contributed by atoms with Gasteiger partial charge in [0.25, 0.3) is 0 Å². The van der Waals surface area contributed by atoms with Crippen LogP contribution in [0.15, 0.2) is 0 Å². The lowest BCUT2D eigenvalue weighted by atomic mass is 9.87. The summed E-state index contributed by atoms with van der Waals surface area (Å²) in [7, 11) is 0. The molecule has 1 fully saturated rings. The van der Waals surface area contributed by atoms with E-state index in [1.807, 2.05) is 0 Å². The fraction of sp³-hybridized carbons (Fsp3) is 1.00. The third-order valence-electron chi connectivity index (χ3n) is 3.37. The average Bonchev–Trinajstić information content (AvgIpc) is 3.01. The summed E-state index contributed by atoms with van der Waals surface area (Å²) in [5.41, 5.74) is 0.467. The van der Waals surface area contributed by atoms with Crippen molar-refractivity contribution in [3.63, 3.8) is 0 Å². The summed E-state index contributed by atoms with van der Waals surface area (Å²) in [5, 5.41) is 7.11. The number of hydrogen-bond donors (Lipinski definition) is 2. The Kier molecular flexibility index (Phi) is 6.37. The third kappa shape index (κ3) is 7.24. The smallest absolute Gasteiger partial charge is 0.00793 e. The first-order valence-corrected chi connectivity index (χ1v) is 7.08. The van der Waals surface area contributed by atoms with Crippen molar-refractivity contribution < 1.29 is 0 Å². The van der Waals surface area contributed by atoms with E-state index >= 15 is 0 Å². The molecule has 2 N–H and O–H groups in total. The van der Waals surface area contributed by atoms with Crippen molar-refractivity contribution in [3.05, 3.63) is 0 Å². The lowest BCUT2D eigenvalue weighted by Crippen LogP contribution is -2.34. The largest absolute Gasteiger partial charge is 0.315 e. The van der Waals surface area contributed by atoms with E-state index in [-0.39, 0.29) is 0 Å². The molecule has 0 heterocycles. The minimum absolute atomic E-state index is 0.467. The highest BCUT2D eigenvalue weighted by molar-refractivity contribution is 4.81. The van der Waals surface area contributed by atoms with Crippen molar-refractivity contribution in [2.45, 2.75) is 65.3 Å². The van der Waals surface area contributed by atoms with E-state index in [1.54, 1.807) is 0 Å². The van der Waals surface area contributed by atoms with Crippen LogP contribution in [0.5, 0.6) is 0 Å². The summed E-state index contributed by atoms with van der Waals surface area (Å²) >= 11 is 0. The third-order valence-corrected chi connectivity index (χ3v) is 3.37. The van der Waals surface area contributed by atoms with Crippen LogP contribution in [-0.4, -0.2) is 25.7 Å². The first kappa shape index (κ1) is 14.0. The van der Waals surface area contributed by atoms with E-state index in [2.05, 4.69) is 31.4 Å². The highest BCUT2D eigenvalue weighted by Crippen LogP contribution is 2.22. The molecule has 2 heteroatoms. The molecule has 1 aliphatic rings. The molecule has 0 aliphatic heterocycles. The molecule has 0 atom stereocenters. The van der Waals surface area contributed by atoms with Gasteiger partial charge in [-0.3, -0.25) is 0 Å². The fourth-order valence-corrected chi connectivity index (χ4v) is 2.02. The second-order valence-corrected chi connectivity index (χ2v) is 6.03. The van der Waals surface area contributed by atoms with Gasteiger partial charge in [-0.2, -0.15) is 0 Å². The summed E-state index contributed by atoms with van der Waals surface area (Å²) < 4.78 is 0. The van der Waals surface area contributed by atoms with Gasteiger partial charge >= 0.3 is 0 Å². The van der Waals surface area contributed by atoms with E-state index in [0.29, 0.717) is 5.41 Å². The van der Waals surface area contributed by atoms with Crippen LogP contribution in [0.1, 0.15) is 59.3 Å². The second kappa shape index (κ2) is 7.29. The van der Waals surface area contributed by atoms with Gasteiger partial charge in [0.1, 0.15) is 0 Å². The molecule has 0 aromatic carbocycles. The van der Waals surface area contributed by atoms with E-state index in [1.165, 1.54) is 38.5 Å². The van der Waals surface area contributed by atoms with Crippen LogP contribution in [-0.2, 0) is 0 Å². The van der Waals surface area contributed by atoms with Crippen LogP contribution < -0.4 is 10.6 Å². The molecule has 0 aromatic rings. The predicted molar refractivity (Wildman–Crippen MR) is 71.8 cm³/mol. The predicted octanol–water partition coefficient (Wildman–Crippen LogP) is 2.93. The average molecular weight is 226 g/mol. The van der Waals surface area contributed by atoms with Gasteiger partial charge in [0.15, 0.2) is 0 Å². The summed E-state index contributed by atoms with van der Waals surface area (Å²) in [5.74, 6) is 0. The Bertz CT molecular complexity index is 174. The molecule has 0 amide bonds. The normalized spacial score (nSPS) is 16.7. The fourth-order valence-electron chi connectivity index (χ4n) is 2.02. The number of unbranched alkanes of at least 4 members (excludes halogenated alkanes) is 2. The highest BCUT2D eigenvalue weighted by Gasteiger charge is 2.20. The Morgan fingerprint density at radius 2 is 1.88 bits per heavy atom. The summed E-state index contributed by atoms with van der Waals surface area (Å²) in [6.45, 7) is 10.4. The first-order valence-electron chi connectivity index (χ1n) is 7.08. The SMILES string of the molecule is CCCCCC(C)(C)CNCCNC1CC1. The molecule has 0 bridgehead atoms. The first-order chi connectivity index (χ1) is 7.64. The molecular weight excluding hydrogens is 196 g/mol. The van der Waals surface area contributed by atoms with E-state index in [9.17, 15) is 0 Å². The number of rotatable bonds is 10. The summed E-state index contributed by atoms with van der Waals surface area (Å²) in [4.78, 5) is 0. The Hall–Kier alpha value is -0.0800. The quantitative estimate of drug-likeness (QED) is 0.560. The van der Waals surface area contributed by atoms with Crippen LogP contribution >= 0.6 is 0 Å². The second-order valence-electron chi connectivity index (χ2n) is 6.03. The zero-order chi connectivity index (χ0) is 11.9. The van der Waals surface area contributed by atoms with Gasteiger partial charge in [-0.15, -0.1) is 0 Å². The summed E-state index contributed by atoms with van der Waals surface area (Å²) in [6.07, 6.45) is 8.22. The molecule has 0 spiro atoms. The molecule has 16 heavy (non-hydrogen) atoms. The van der Waals surface area contributed by atoms with Gasteiger partial charge in [0.2, 0.25) is 0 Å². The standard InChI is InChI=1S/C14H30N2/c1-4-5-6-9-14(2,3)12-15-10-11-16-13-7-8-13/h13,15-16H,4-12H2,1-3H3. The van der Waals surface area contributed by atoms with Gasteiger partial charge < -0.3 is 10.6 Å². The molecule has 0 saturated heterocycles. The molecule has 1 rings (SSSR count). The van der Waals surface area contributed by atoms with Gasteiger partial charge in [-0.1, -0.05) is 40.0 Å².